The zero-order chi connectivity index (χ0) is 15.8. The molecule has 0 aromatic heterocycles. The van der Waals surface area contributed by atoms with Crippen LogP contribution in [-0.4, -0.2) is 16.5 Å². The van der Waals surface area contributed by atoms with Gasteiger partial charge < -0.3 is 5.11 Å². The van der Waals surface area contributed by atoms with E-state index in [1.54, 1.807) is 0 Å². The second kappa shape index (κ2) is 5.96. The molecule has 21 heavy (non-hydrogen) atoms. The first kappa shape index (κ1) is 16.9. The first-order chi connectivity index (χ1) is 9.59. The van der Waals surface area contributed by atoms with Gasteiger partial charge in [0.15, 0.2) is 0 Å². The molecule has 1 fully saturated rings. The Morgan fingerprint density at radius 1 is 1.00 bits per heavy atom. The third-order valence-electron chi connectivity index (χ3n) is 4.35. The number of benzene rings is 1. The molecule has 0 saturated heterocycles. The average Bonchev–Trinajstić information content (AvgIpc) is 2.73. The van der Waals surface area contributed by atoms with Crippen molar-refractivity contribution < 1.29 is 5.11 Å². The van der Waals surface area contributed by atoms with Gasteiger partial charge in [0.05, 0.1) is 6.10 Å². The summed E-state index contributed by atoms with van der Waals surface area (Å²) < 4.78 is 0. The molecule has 0 unspecified atom stereocenters. The third-order valence-corrected chi connectivity index (χ3v) is 5.81. The monoisotopic (exact) mass is 306 g/mol. The zero-order valence-electron chi connectivity index (χ0n) is 14.4. The van der Waals surface area contributed by atoms with Gasteiger partial charge in [0.25, 0.3) is 0 Å². The molecule has 2 atom stereocenters. The Kier molecular flexibility index (Phi) is 4.80. The van der Waals surface area contributed by atoms with Gasteiger partial charge in [0, 0.05) is 10.1 Å². The molecule has 0 spiro atoms. The molecule has 2 heteroatoms. The summed E-state index contributed by atoms with van der Waals surface area (Å²) in [4.78, 5) is 1.35. The summed E-state index contributed by atoms with van der Waals surface area (Å²) in [5.74, 6) is 0. The normalized spacial score (nSPS) is 23.6. The van der Waals surface area contributed by atoms with Gasteiger partial charge in [0.2, 0.25) is 0 Å². The van der Waals surface area contributed by atoms with E-state index >= 15 is 0 Å². The highest BCUT2D eigenvalue weighted by molar-refractivity contribution is 8.00. The second-order valence-electron chi connectivity index (χ2n) is 8.37. The van der Waals surface area contributed by atoms with Crippen LogP contribution in [0.2, 0.25) is 0 Å². The predicted octanol–water partition coefficient (Wildman–Crippen LogP) is 5.29. The van der Waals surface area contributed by atoms with Gasteiger partial charge in [-0.1, -0.05) is 53.7 Å². The van der Waals surface area contributed by atoms with E-state index in [9.17, 15) is 5.11 Å². The van der Waals surface area contributed by atoms with E-state index < -0.39 is 0 Å². The Hall–Kier alpha value is -0.470. The number of thioether (sulfide) groups is 1. The van der Waals surface area contributed by atoms with Crippen LogP contribution < -0.4 is 0 Å². The molecule has 0 aliphatic heterocycles. The van der Waals surface area contributed by atoms with Crippen LogP contribution in [0.25, 0.3) is 0 Å². The highest BCUT2D eigenvalue weighted by atomic mass is 32.2. The molecule has 1 nitrogen and oxygen atoms in total. The SMILES string of the molecule is CC(C)(C)c1ccc(S[C@@H]2CCC[C@H]2O)c(C(C)(C)C)c1. The number of rotatable bonds is 2. The summed E-state index contributed by atoms with van der Waals surface area (Å²) in [5.41, 5.74) is 3.12. The number of aliphatic hydroxyl groups excluding tert-OH is 1. The Bertz CT molecular complexity index is 493. The summed E-state index contributed by atoms with van der Waals surface area (Å²) in [6.45, 7) is 13.6. The minimum absolute atomic E-state index is 0.132. The smallest absolute Gasteiger partial charge is 0.0662 e. The third kappa shape index (κ3) is 4.04. The van der Waals surface area contributed by atoms with Crippen molar-refractivity contribution in [2.24, 2.45) is 0 Å². The Morgan fingerprint density at radius 2 is 1.67 bits per heavy atom. The minimum atomic E-state index is -0.134. The van der Waals surface area contributed by atoms with Crippen molar-refractivity contribution in [3.8, 4) is 0 Å². The second-order valence-corrected chi connectivity index (χ2v) is 9.65. The largest absolute Gasteiger partial charge is 0.392 e. The van der Waals surface area contributed by atoms with Crippen LogP contribution in [0.5, 0.6) is 0 Å². The topological polar surface area (TPSA) is 20.2 Å². The first-order valence-corrected chi connectivity index (χ1v) is 8.97. The van der Waals surface area contributed by atoms with Crippen LogP contribution in [0.15, 0.2) is 23.1 Å². The number of hydrogen-bond donors (Lipinski definition) is 1. The molecule has 0 bridgehead atoms. The van der Waals surface area contributed by atoms with Gasteiger partial charge in [-0.3, -0.25) is 0 Å². The predicted molar refractivity (Wildman–Crippen MR) is 93.3 cm³/mol. The summed E-state index contributed by atoms with van der Waals surface area (Å²) in [5, 5.41) is 10.5. The highest BCUT2D eigenvalue weighted by Gasteiger charge is 2.29. The van der Waals surface area contributed by atoms with Gasteiger partial charge in [0.1, 0.15) is 0 Å². The van der Waals surface area contributed by atoms with E-state index in [0.29, 0.717) is 5.25 Å². The van der Waals surface area contributed by atoms with Crippen LogP contribution in [0.3, 0.4) is 0 Å². The standard InChI is InChI=1S/C19H30OS/c1-18(2,3)13-10-11-16(14(12-13)19(4,5)6)21-17-9-7-8-15(17)20/h10-12,15,17,20H,7-9H2,1-6H3/t15-,17-/m1/s1. The average molecular weight is 307 g/mol. The van der Waals surface area contributed by atoms with Gasteiger partial charge >= 0.3 is 0 Å². The molecule has 1 aromatic carbocycles. The van der Waals surface area contributed by atoms with E-state index in [2.05, 4.69) is 59.7 Å². The van der Waals surface area contributed by atoms with E-state index in [0.717, 1.165) is 19.3 Å². The van der Waals surface area contributed by atoms with E-state index in [1.807, 2.05) is 11.8 Å². The van der Waals surface area contributed by atoms with E-state index in [1.165, 1.54) is 16.0 Å². The summed E-state index contributed by atoms with van der Waals surface area (Å²) in [7, 11) is 0. The summed E-state index contributed by atoms with van der Waals surface area (Å²) >= 11 is 1.88. The van der Waals surface area contributed by atoms with E-state index in [-0.39, 0.29) is 16.9 Å². The zero-order valence-corrected chi connectivity index (χ0v) is 15.2. The lowest BCUT2D eigenvalue weighted by Gasteiger charge is -2.28. The molecule has 0 amide bonds. The van der Waals surface area contributed by atoms with Gasteiger partial charge in [-0.15, -0.1) is 11.8 Å². The molecule has 0 heterocycles. The van der Waals surface area contributed by atoms with Gasteiger partial charge in [-0.05, 0) is 47.3 Å². The minimum Gasteiger partial charge on any atom is -0.392 e. The van der Waals surface area contributed by atoms with Crippen LogP contribution in [0, 0.1) is 0 Å². The first-order valence-electron chi connectivity index (χ1n) is 8.09. The van der Waals surface area contributed by atoms with Crippen molar-refractivity contribution in [2.45, 2.75) is 87.9 Å². The van der Waals surface area contributed by atoms with Crippen molar-refractivity contribution in [1.29, 1.82) is 0 Å². The molecule has 1 aliphatic rings. The summed E-state index contributed by atoms with van der Waals surface area (Å²) in [6.07, 6.45) is 3.12. The van der Waals surface area contributed by atoms with Crippen molar-refractivity contribution >= 4 is 11.8 Å². The molecular formula is C19H30OS. The van der Waals surface area contributed by atoms with Crippen LogP contribution in [0.1, 0.15) is 71.9 Å². The molecule has 1 aromatic rings. The lowest BCUT2D eigenvalue weighted by Crippen LogP contribution is -2.19. The number of hydrogen-bond acceptors (Lipinski definition) is 2. The Labute approximate surface area is 134 Å². The van der Waals surface area contributed by atoms with Crippen molar-refractivity contribution in [3.05, 3.63) is 29.3 Å². The van der Waals surface area contributed by atoms with Crippen LogP contribution in [-0.2, 0) is 10.8 Å². The van der Waals surface area contributed by atoms with Crippen molar-refractivity contribution in [2.75, 3.05) is 0 Å². The molecule has 1 saturated carbocycles. The number of aliphatic hydroxyl groups is 1. The maximum absolute atomic E-state index is 10.1. The van der Waals surface area contributed by atoms with Crippen LogP contribution >= 0.6 is 11.8 Å². The Morgan fingerprint density at radius 3 is 2.14 bits per heavy atom. The lowest BCUT2D eigenvalue weighted by atomic mass is 9.81. The quantitative estimate of drug-likeness (QED) is 0.801. The molecular weight excluding hydrogens is 276 g/mol. The molecule has 1 N–H and O–H groups in total. The van der Waals surface area contributed by atoms with Crippen molar-refractivity contribution in [3.63, 3.8) is 0 Å². The fourth-order valence-corrected chi connectivity index (χ4v) is 4.43. The van der Waals surface area contributed by atoms with Crippen molar-refractivity contribution in [1.82, 2.24) is 0 Å². The Balaban J connectivity index is 2.36. The molecule has 1 aliphatic carbocycles. The maximum atomic E-state index is 10.1. The van der Waals surface area contributed by atoms with Gasteiger partial charge in [-0.25, -0.2) is 0 Å². The van der Waals surface area contributed by atoms with Gasteiger partial charge in [-0.2, -0.15) is 0 Å². The highest BCUT2D eigenvalue weighted by Crippen LogP contribution is 2.41. The van der Waals surface area contributed by atoms with Crippen LogP contribution in [0.4, 0.5) is 0 Å². The fraction of sp³-hybridized carbons (Fsp3) is 0.684. The molecule has 2 rings (SSSR count). The maximum Gasteiger partial charge on any atom is 0.0662 e. The summed E-state index contributed by atoms with van der Waals surface area (Å²) in [6, 6.07) is 6.92. The molecule has 118 valence electrons. The lowest BCUT2D eigenvalue weighted by molar-refractivity contribution is 0.188. The fourth-order valence-electron chi connectivity index (χ4n) is 2.89. The molecule has 0 radical (unpaired) electrons. The van der Waals surface area contributed by atoms with E-state index in [4.69, 9.17) is 0 Å².